The van der Waals surface area contributed by atoms with Gasteiger partial charge in [-0.15, -0.1) is 0 Å². The molecule has 26 heavy (non-hydrogen) atoms. The highest BCUT2D eigenvalue weighted by molar-refractivity contribution is 5.91. The summed E-state index contributed by atoms with van der Waals surface area (Å²) in [4.78, 5) is 27.8. The topological polar surface area (TPSA) is 49.9 Å². The molecule has 1 amide bonds. The maximum absolute atomic E-state index is 13.8. The van der Waals surface area contributed by atoms with Crippen molar-refractivity contribution in [3.63, 3.8) is 0 Å². The van der Waals surface area contributed by atoms with Crippen LogP contribution in [0.25, 0.3) is 0 Å². The highest BCUT2D eigenvalue weighted by atomic mass is 19.1. The quantitative estimate of drug-likeness (QED) is 0.791. The Kier molecular flexibility index (Phi) is 5.51. The lowest BCUT2D eigenvalue weighted by molar-refractivity contribution is -0.134. The molecular formula is C20H21FN2O3. The van der Waals surface area contributed by atoms with Crippen LogP contribution in [0.3, 0.4) is 0 Å². The number of carbonyl (C=O) groups is 2. The van der Waals surface area contributed by atoms with Crippen molar-refractivity contribution in [1.29, 1.82) is 0 Å². The molecule has 2 aromatic rings. The number of anilines is 1. The van der Waals surface area contributed by atoms with Gasteiger partial charge in [-0.1, -0.05) is 29.8 Å². The van der Waals surface area contributed by atoms with Crippen molar-refractivity contribution in [2.45, 2.75) is 6.92 Å². The van der Waals surface area contributed by atoms with Gasteiger partial charge in [-0.2, -0.15) is 0 Å². The molecule has 136 valence electrons. The zero-order valence-electron chi connectivity index (χ0n) is 14.7. The van der Waals surface area contributed by atoms with Crippen LogP contribution in [0.2, 0.25) is 0 Å². The Bertz CT molecular complexity index is 801. The normalized spacial score (nSPS) is 14.2. The van der Waals surface area contributed by atoms with Crippen LogP contribution >= 0.6 is 0 Å². The molecule has 1 heterocycles. The fourth-order valence-electron chi connectivity index (χ4n) is 2.98. The summed E-state index contributed by atoms with van der Waals surface area (Å²) in [5.74, 6) is -1.01. The SMILES string of the molecule is Cc1cccc(C(=O)OCC(=O)N2CCN(c3ccccc3F)CC2)c1. The van der Waals surface area contributed by atoms with Gasteiger partial charge in [0.05, 0.1) is 11.3 Å². The van der Waals surface area contributed by atoms with Crippen LogP contribution in [0, 0.1) is 12.7 Å². The van der Waals surface area contributed by atoms with E-state index in [-0.39, 0.29) is 18.3 Å². The first-order valence-corrected chi connectivity index (χ1v) is 8.55. The largest absolute Gasteiger partial charge is 0.452 e. The van der Waals surface area contributed by atoms with E-state index >= 15 is 0 Å². The number of amides is 1. The Balaban J connectivity index is 1.49. The molecule has 1 aliphatic heterocycles. The summed E-state index contributed by atoms with van der Waals surface area (Å²) < 4.78 is 19.0. The zero-order valence-corrected chi connectivity index (χ0v) is 14.7. The Morgan fingerprint density at radius 3 is 2.46 bits per heavy atom. The fourth-order valence-corrected chi connectivity index (χ4v) is 2.98. The van der Waals surface area contributed by atoms with Crippen molar-refractivity contribution in [1.82, 2.24) is 4.90 Å². The van der Waals surface area contributed by atoms with E-state index in [0.717, 1.165) is 5.56 Å². The van der Waals surface area contributed by atoms with Crippen molar-refractivity contribution in [3.05, 3.63) is 65.5 Å². The number of esters is 1. The second-order valence-electron chi connectivity index (χ2n) is 6.26. The van der Waals surface area contributed by atoms with Crippen molar-refractivity contribution in [3.8, 4) is 0 Å². The number of piperazine rings is 1. The number of halogens is 1. The van der Waals surface area contributed by atoms with E-state index in [9.17, 15) is 14.0 Å². The standard InChI is InChI=1S/C20H21FN2O3/c1-15-5-4-6-16(13-15)20(25)26-14-19(24)23-11-9-22(10-12-23)18-8-3-2-7-17(18)21/h2-8,13H,9-12,14H2,1H3. The molecule has 3 rings (SSSR count). The van der Waals surface area contributed by atoms with E-state index in [4.69, 9.17) is 4.74 Å². The molecule has 6 heteroatoms. The van der Waals surface area contributed by atoms with Gasteiger partial charge in [-0.05, 0) is 31.2 Å². The second kappa shape index (κ2) is 7.99. The van der Waals surface area contributed by atoms with E-state index in [0.29, 0.717) is 37.4 Å². The Hall–Kier alpha value is -2.89. The minimum absolute atomic E-state index is 0.237. The Morgan fingerprint density at radius 1 is 1.04 bits per heavy atom. The molecule has 1 fully saturated rings. The van der Waals surface area contributed by atoms with E-state index in [2.05, 4.69) is 0 Å². The van der Waals surface area contributed by atoms with Crippen LogP contribution in [0.5, 0.6) is 0 Å². The summed E-state index contributed by atoms with van der Waals surface area (Å²) in [7, 11) is 0. The minimum Gasteiger partial charge on any atom is -0.452 e. The number of aryl methyl sites for hydroxylation is 1. The van der Waals surface area contributed by atoms with Gasteiger partial charge in [0.2, 0.25) is 0 Å². The number of hydrogen-bond acceptors (Lipinski definition) is 4. The molecule has 0 N–H and O–H groups in total. The van der Waals surface area contributed by atoms with Crippen LogP contribution < -0.4 is 4.90 Å². The third-order valence-corrected chi connectivity index (χ3v) is 4.41. The highest BCUT2D eigenvalue weighted by Crippen LogP contribution is 2.20. The molecule has 2 aromatic carbocycles. The predicted octanol–water partition coefficient (Wildman–Crippen LogP) is 2.64. The predicted molar refractivity (Wildman–Crippen MR) is 96.7 cm³/mol. The van der Waals surface area contributed by atoms with Gasteiger partial charge in [0.15, 0.2) is 6.61 Å². The third kappa shape index (κ3) is 4.20. The first kappa shape index (κ1) is 17.9. The van der Waals surface area contributed by atoms with Crippen molar-refractivity contribution < 1.29 is 18.7 Å². The molecule has 0 unspecified atom stereocenters. The lowest BCUT2D eigenvalue weighted by Gasteiger charge is -2.36. The van der Waals surface area contributed by atoms with Crippen molar-refractivity contribution >= 4 is 17.6 Å². The smallest absolute Gasteiger partial charge is 0.338 e. The molecule has 0 aromatic heterocycles. The lowest BCUT2D eigenvalue weighted by atomic mass is 10.1. The minimum atomic E-state index is -0.507. The summed E-state index contributed by atoms with van der Waals surface area (Å²) in [6.45, 7) is 3.62. The average Bonchev–Trinajstić information content (AvgIpc) is 2.66. The molecule has 0 radical (unpaired) electrons. The van der Waals surface area contributed by atoms with Crippen molar-refractivity contribution in [2.24, 2.45) is 0 Å². The molecule has 0 bridgehead atoms. The number of carbonyl (C=O) groups excluding carboxylic acids is 2. The monoisotopic (exact) mass is 356 g/mol. The van der Waals surface area contributed by atoms with Crippen LogP contribution in [0.4, 0.5) is 10.1 Å². The summed E-state index contributed by atoms with van der Waals surface area (Å²) in [5.41, 5.74) is 1.93. The van der Waals surface area contributed by atoms with Gasteiger partial charge < -0.3 is 14.5 Å². The van der Waals surface area contributed by atoms with Crippen molar-refractivity contribution in [2.75, 3.05) is 37.7 Å². The number of para-hydroxylation sites is 1. The Morgan fingerprint density at radius 2 is 1.77 bits per heavy atom. The summed E-state index contributed by atoms with van der Waals surface area (Å²) >= 11 is 0. The van der Waals surface area contributed by atoms with E-state index in [1.165, 1.54) is 6.07 Å². The van der Waals surface area contributed by atoms with Gasteiger partial charge in [0, 0.05) is 26.2 Å². The third-order valence-electron chi connectivity index (χ3n) is 4.41. The number of benzene rings is 2. The first-order valence-electron chi connectivity index (χ1n) is 8.55. The van der Waals surface area contributed by atoms with Crippen LogP contribution in [0.15, 0.2) is 48.5 Å². The average molecular weight is 356 g/mol. The maximum Gasteiger partial charge on any atom is 0.338 e. The fraction of sp³-hybridized carbons (Fsp3) is 0.300. The molecule has 1 aliphatic rings. The van der Waals surface area contributed by atoms with Gasteiger partial charge in [-0.25, -0.2) is 9.18 Å². The van der Waals surface area contributed by atoms with Crippen LogP contribution in [-0.2, 0) is 9.53 Å². The number of hydrogen-bond donors (Lipinski definition) is 0. The maximum atomic E-state index is 13.8. The molecule has 0 spiro atoms. The van der Waals surface area contributed by atoms with Gasteiger partial charge in [0.1, 0.15) is 5.82 Å². The van der Waals surface area contributed by atoms with E-state index in [1.54, 1.807) is 41.3 Å². The molecule has 0 atom stereocenters. The molecular weight excluding hydrogens is 335 g/mol. The van der Waals surface area contributed by atoms with Gasteiger partial charge >= 0.3 is 5.97 Å². The van der Waals surface area contributed by atoms with Gasteiger partial charge in [-0.3, -0.25) is 4.79 Å². The summed E-state index contributed by atoms with van der Waals surface area (Å²) in [6.07, 6.45) is 0. The molecule has 0 saturated carbocycles. The van der Waals surface area contributed by atoms with E-state index in [1.807, 2.05) is 17.9 Å². The number of rotatable bonds is 4. The summed E-state index contributed by atoms with van der Waals surface area (Å²) in [6, 6.07) is 13.6. The van der Waals surface area contributed by atoms with Gasteiger partial charge in [0.25, 0.3) is 5.91 Å². The lowest BCUT2D eigenvalue weighted by Crippen LogP contribution is -2.50. The molecule has 1 saturated heterocycles. The number of ether oxygens (including phenoxy) is 1. The first-order chi connectivity index (χ1) is 12.5. The molecule has 5 nitrogen and oxygen atoms in total. The zero-order chi connectivity index (χ0) is 18.5. The van der Waals surface area contributed by atoms with Crippen LogP contribution in [-0.4, -0.2) is 49.6 Å². The van der Waals surface area contributed by atoms with Crippen LogP contribution in [0.1, 0.15) is 15.9 Å². The molecule has 0 aliphatic carbocycles. The number of nitrogens with zero attached hydrogens (tertiary/aromatic N) is 2. The van der Waals surface area contributed by atoms with E-state index < -0.39 is 5.97 Å². The highest BCUT2D eigenvalue weighted by Gasteiger charge is 2.23. The summed E-state index contributed by atoms with van der Waals surface area (Å²) in [5, 5.41) is 0. The Labute approximate surface area is 152 Å². The second-order valence-corrected chi connectivity index (χ2v) is 6.26.